The largest absolute Gasteiger partial charge is 0.313 e. The SMILES string of the molecule is CC1CCCC(NCCN2CCSC(C)C2)C1. The maximum Gasteiger partial charge on any atom is 0.0147 e. The van der Waals surface area contributed by atoms with Crippen LogP contribution in [-0.4, -0.2) is 48.1 Å². The molecule has 0 amide bonds. The molecule has 2 rings (SSSR count). The number of thioether (sulfide) groups is 1. The fourth-order valence-electron chi connectivity index (χ4n) is 3.14. The van der Waals surface area contributed by atoms with E-state index in [1.807, 2.05) is 0 Å². The first-order valence-electron chi connectivity index (χ1n) is 7.31. The molecule has 100 valence electrons. The monoisotopic (exact) mass is 256 g/mol. The van der Waals surface area contributed by atoms with Gasteiger partial charge in [0.05, 0.1) is 0 Å². The second kappa shape index (κ2) is 7.01. The van der Waals surface area contributed by atoms with Crippen LogP contribution < -0.4 is 5.32 Å². The van der Waals surface area contributed by atoms with Crippen molar-refractivity contribution in [3.8, 4) is 0 Å². The fraction of sp³-hybridized carbons (Fsp3) is 1.00. The molecule has 0 aromatic carbocycles. The fourth-order valence-corrected chi connectivity index (χ4v) is 4.22. The van der Waals surface area contributed by atoms with Gasteiger partial charge in [-0.05, 0) is 18.8 Å². The van der Waals surface area contributed by atoms with Crippen LogP contribution in [0.25, 0.3) is 0 Å². The van der Waals surface area contributed by atoms with Crippen LogP contribution in [-0.2, 0) is 0 Å². The van der Waals surface area contributed by atoms with Crippen molar-refractivity contribution in [1.29, 1.82) is 0 Å². The molecule has 2 fully saturated rings. The normalized spacial score (nSPS) is 36.0. The van der Waals surface area contributed by atoms with E-state index in [1.165, 1.54) is 57.6 Å². The molecule has 1 aliphatic heterocycles. The van der Waals surface area contributed by atoms with Crippen molar-refractivity contribution in [2.45, 2.75) is 50.8 Å². The molecular weight excluding hydrogens is 228 g/mol. The van der Waals surface area contributed by atoms with Crippen LogP contribution >= 0.6 is 11.8 Å². The summed E-state index contributed by atoms with van der Waals surface area (Å²) in [6, 6.07) is 0.801. The molecule has 0 bridgehead atoms. The van der Waals surface area contributed by atoms with Crippen molar-refractivity contribution >= 4 is 11.8 Å². The van der Waals surface area contributed by atoms with E-state index in [0.29, 0.717) is 0 Å². The Morgan fingerprint density at radius 2 is 2.18 bits per heavy atom. The van der Waals surface area contributed by atoms with Crippen LogP contribution in [0.3, 0.4) is 0 Å². The molecule has 1 saturated carbocycles. The number of hydrogen-bond acceptors (Lipinski definition) is 3. The Labute approximate surface area is 111 Å². The van der Waals surface area contributed by atoms with E-state index in [4.69, 9.17) is 0 Å². The van der Waals surface area contributed by atoms with Crippen molar-refractivity contribution in [3.05, 3.63) is 0 Å². The summed E-state index contributed by atoms with van der Waals surface area (Å²) in [6.45, 7) is 9.76. The Bertz CT molecular complexity index is 200. The molecule has 1 heterocycles. The van der Waals surface area contributed by atoms with Gasteiger partial charge in [0.1, 0.15) is 0 Å². The Balaban J connectivity index is 1.58. The van der Waals surface area contributed by atoms with Gasteiger partial charge in [0.25, 0.3) is 0 Å². The molecule has 17 heavy (non-hydrogen) atoms. The highest BCUT2D eigenvalue weighted by Crippen LogP contribution is 2.23. The summed E-state index contributed by atoms with van der Waals surface area (Å²) < 4.78 is 0. The molecule has 3 unspecified atom stereocenters. The van der Waals surface area contributed by atoms with Gasteiger partial charge >= 0.3 is 0 Å². The third-order valence-corrected chi connectivity index (χ3v) is 5.26. The summed E-state index contributed by atoms with van der Waals surface area (Å²) >= 11 is 2.12. The molecule has 2 nitrogen and oxygen atoms in total. The zero-order valence-corrected chi connectivity index (χ0v) is 12.3. The summed E-state index contributed by atoms with van der Waals surface area (Å²) in [6.07, 6.45) is 5.66. The highest BCUT2D eigenvalue weighted by Gasteiger charge is 2.19. The molecule has 0 aromatic heterocycles. The number of hydrogen-bond donors (Lipinski definition) is 1. The summed E-state index contributed by atoms with van der Waals surface area (Å²) in [4.78, 5) is 2.63. The van der Waals surface area contributed by atoms with Gasteiger partial charge in [-0.25, -0.2) is 0 Å². The zero-order chi connectivity index (χ0) is 12.1. The van der Waals surface area contributed by atoms with Crippen LogP contribution in [0.2, 0.25) is 0 Å². The van der Waals surface area contributed by atoms with Gasteiger partial charge in [-0.15, -0.1) is 0 Å². The summed E-state index contributed by atoms with van der Waals surface area (Å²) in [5.41, 5.74) is 0. The summed E-state index contributed by atoms with van der Waals surface area (Å²) in [5.74, 6) is 2.26. The van der Waals surface area contributed by atoms with E-state index in [1.54, 1.807) is 0 Å². The lowest BCUT2D eigenvalue weighted by Crippen LogP contribution is -2.43. The van der Waals surface area contributed by atoms with Crippen LogP contribution in [0.15, 0.2) is 0 Å². The average Bonchev–Trinajstić information content (AvgIpc) is 2.29. The standard InChI is InChI=1S/C14H28N2S/c1-12-4-3-5-14(10-12)15-6-7-16-8-9-17-13(2)11-16/h12-15H,3-11H2,1-2H3. The lowest BCUT2D eigenvalue weighted by molar-refractivity contribution is 0.258. The van der Waals surface area contributed by atoms with Crippen molar-refractivity contribution in [1.82, 2.24) is 10.2 Å². The molecule has 3 heteroatoms. The van der Waals surface area contributed by atoms with Crippen molar-refractivity contribution in [2.75, 3.05) is 31.9 Å². The van der Waals surface area contributed by atoms with Crippen LogP contribution in [0.5, 0.6) is 0 Å². The third kappa shape index (κ3) is 4.80. The topological polar surface area (TPSA) is 15.3 Å². The first kappa shape index (κ1) is 13.7. The second-order valence-electron chi connectivity index (χ2n) is 5.90. The van der Waals surface area contributed by atoms with Crippen molar-refractivity contribution < 1.29 is 0 Å². The molecule has 0 aromatic rings. The predicted molar refractivity (Wildman–Crippen MR) is 77.8 cm³/mol. The van der Waals surface area contributed by atoms with Gasteiger partial charge in [-0.1, -0.05) is 26.7 Å². The summed E-state index contributed by atoms with van der Waals surface area (Å²) in [5, 5.41) is 4.60. The van der Waals surface area contributed by atoms with Crippen LogP contribution in [0.1, 0.15) is 39.5 Å². The van der Waals surface area contributed by atoms with E-state index in [-0.39, 0.29) is 0 Å². The van der Waals surface area contributed by atoms with E-state index in [0.717, 1.165) is 17.2 Å². The summed E-state index contributed by atoms with van der Waals surface area (Å²) in [7, 11) is 0. The smallest absolute Gasteiger partial charge is 0.0147 e. The molecule has 1 saturated heterocycles. The van der Waals surface area contributed by atoms with Gasteiger partial charge in [0.2, 0.25) is 0 Å². The number of rotatable bonds is 4. The zero-order valence-electron chi connectivity index (χ0n) is 11.5. The second-order valence-corrected chi connectivity index (χ2v) is 7.45. The van der Waals surface area contributed by atoms with Gasteiger partial charge in [-0.2, -0.15) is 11.8 Å². The van der Waals surface area contributed by atoms with Gasteiger partial charge in [0, 0.05) is 43.2 Å². The first-order chi connectivity index (χ1) is 8.24. The van der Waals surface area contributed by atoms with E-state index in [2.05, 4.69) is 35.8 Å². The average molecular weight is 256 g/mol. The highest BCUT2D eigenvalue weighted by molar-refractivity contribution is 7.99. The molecule has 3 atom stereocenters. The van der Waals surface area contributed by atoms with E-state index < -0.39 is 0 Å². The van der Waals surface area contributed by atoms with Crippen LogP contribution in [0, 0.1) is 5.92 Å². The van der Waals surface area contributed by atoms with Crippen molar-refractivity contribution in [2.24, 2.45) is 5.92 Å². The quantitative estimate of drug-likeness (QED) is 0.832. The van der Waals surface area contributed by atoms with Gasteiger partial charge < -0.3 is 10.2 Å². The molecule has 2 aliphatic rings. The highest BCUT2D eigenvalue weighted by atomic mass is 32.2. The molecule has 0 spiro atoms. The number of nitrogens with zero attached hydrogens (tertiary/aromatic N) is 1. The Morgan fingerprint density at radius 1 is 1.29 bits per heavy atom. The van der Waals surface area contributed by atoms with E-state index >= 15 is 0 Å². The third-order valence-electron chi connectivity index (χ3n) is 4.12. The minimum absolute atomic E-state index is 0.801. The predicted octanol–water partition coefficient (Wildman–Crippen LogP) is 2.59. The molecule has 1 N–H and O–H groups in total. The van der Waals surface area contributed by atoms with Crippen molar-refractivity contribution in [3.63, 3.8) is 0 Å². The van der Waals surface area contributed by atoms with Gasteiger partial charge in [0.15, 0.2) is 0 Å². The maximum atomic E-state index is 3.77. The lowest BCUT2D eigenvalue weighted by Gasteiger charge is -2.32. The van der Waals surface area contributed by atoms with E-state index in [9.17, 15) is 0 Å². The molecule has 1 aliphatic carbocycles. The molecular formula is C14H28N2S. The lowest BCUT2D eigenvalue weighted by atomic mass is 9.87. The Morgan fingerprint density at radius 3 is 2.94 bits per heavy atom. The van der Waals surface area contributed by atoms with Crippen LogP contribution in [0.4, 0.5) is 0 Å². The number of nitrogens with one attached hydrogen (secondary N) is 1. The first-order valence-corrected chi connectivity index (χ1v) is 8.36. The minimum Gasteiger partial charge on any atom is -0.313 e. The maximum absolute atomic E-state index is 3.77. The Hall–Kier alpha value is 0.270. The molecule has 0 radical (unpaired) electrons. The Kier molecular flexibility index (Phi) is 5.64. The minimum atomic E-state index is 0.801. The van der Waals surface area contributed by atoms with Gasteiger partial charge in [-0.3, -0.25) is 0 Å².